The largest absolute Gasteiger partial charge is 0.468 e. The minimum Gasteiger partial charge on any atom is -0.468 e. The molecular weight excluding hydrogens is 270 g/mol. The third-order valence-electron chi connectivity index (χ3n) is 4.67. The predicted octanol–water partition coefficient (Wildman–Crippen LogP) is 1.67. The standard InChI is InChI=1S/C16H19NO4/c1-16(2)20-11-8-17-10-7-5-4-6-9(10)12(15(18)19-3)13(17)14(11)21-16/h4-7,11-14H,8H2,1-3H3/t11-,12-,13-,14-/m1/s1. The second-order valence-corrected chi connectivity index (χ2v) is 6.34. The van der Waals surface area contributed by atoms with Gasteiger partial charge in [0.15, 0.2) is 5.79 Å². The third kappa shape index (κ3) is 1.74. The van der Waals surface area contributed by atoms with Crippen molar-refractivity contribution in [3.8, 4) is 0 Å². The highest BCUT2D eigenvalue weighted by atomic mass is 16.8. The fraction of sp³-hybridized carbons (Fsp3) is 0.562. The summed E-state index contributed by atoms with van der Waals surface area (Å²) in [7, 11) is 1.44. The molecule has 2 saturated heterocycles. The van der Waals surface area contributed by atoms with E-state index in [0.29, 0.717) is 0 Å². The predicted molar refractivity (Wildman–Crippen MR) is 76.2 cm³/mol. The molecule has 0 aliphatic carbocycles. The lowest BCUT2D eigenvalue weighted by molar-refractivity contribution is -0.155. The van der Waals surface area contributed by atoms with Crippen molar-refractivity contribution in [3.05, 3.63) is 29.8 Å². The van der Waals surface area contributed by atoms with Gasteiger partial charge in [0.05, 0.1) is 13.2 Å². The fourth-order valence-corrected chi connectivity index (χ4v) is 4.00. The number of para-hydroxylation sites is 1. The molecule has 0 aromatic heterocycles. The smallest absolute Gasteiger partial charge is 0.315 e. The zero-order valence-corrected chi connectivity index (χ0v) is 12.4. The average Bonchev–Trinajstić information content (AvgIpc) is 3.03. The molecule has 0 spiro atoms. The summed E-state index contributed by atoms with van der Waals surface area (Å²) in [5.74, 6) is -1.10. The van der Waals surface area contributed by atoms with Gasteiger partial charge < -0.3 is 19.1 Å². The zero-order valence-electron chi connectivity index (χ0n) is 12.4. The molecule has 3 aliphatic heterocycles. The van der Waals surface area contributed by atoms with E-state index in [1.807, 2.05) is 32.0 Å². The molecule has 3 heterocycles. The number of carbonyl (C=O) groups is 1. The highest BCUT2D eigenvalue weighted by molar-refractivity contribution is 5.86. The van der Waals surface area contributed by atoms with E-state index in [-0.39, 0.29) is 30.1 Å². The van der Waals surface area contributed by atoms with Crippen molar-refractivity contribution in [2.45, 2.75) is 43.8 Å². The van der Waals surface area contributed by atoms with Crippen molar-refractivity contribution >= 4 is 11.7 Å². The number of nitrogens with zero attached hydrogens (tertiary/aromatic N) is 1. The maximum atomic E-state index is 12.3. The van der Waals surface area contributed by atoms with Crippen LogP contribution in [0.25, 0.3) is 0 Å². The number of hydrogen-bond acceptors (Lipinski definition) is 5. The Bertz CT molecular complexity index is 600. The van der Waals surface area contributed by atoms with Gasteiger partial charge in [0, 0.05) is 12.2 Å². The Morgan fingerprint density at radius 3 is 2.86 bits per heavy atom. The van der Waals surface area contributed by atoms with Crippen molar-refractivity contribution in [2.24, 2.45) is 0 Å². The van der Waals surface area contributed by atoms with E-state index >= 15 is 0 Å². The van der Waals surface area contributed by atoms with Gasteiger partial charge >= 0.3 is 5.97 Å². The first-order valence-corrected chi connectivity index (χ1v) is 7.31. The molecule has 4 atom stereocenters. The maximum Gasteiger partial charge on any atom is 0.315 e. The number of fused-ring (bicyclic) bond motifs is 5. The summed E-state index contributed by atoms with van der Waals surface area (Å²) in [6, 6.07) is 7.98. The molecule has 0 N–H and O–H groups in total. The van der Waals surface area contributed by atoms with Crippen LogP contribution in [0.4, 0.5) is 5.69 Å². The molecule has 5 heteroatoms. The van der Waals surface area contributed by atoms with E-state index < -0.39 is 5.79 Å². The number of anilines is 1. The van der Waals surface area contributed by atoms with Gasteiger partial charge in [-0.2, -0.15) is 0 Å². The maximum absolute atomic E-state index is 12.3. The lowest BCUT2D eigenvalue weighted by Gasteiger charge is -2.28. The van der Waals surface area contributed by atoms with E-state index in [1.54, 1.807) is 0 Å². The highest BCUT2D eigenvalue weighted by Gasteiger charge is 2.59. The van der Waals surface area contributed by atoms with Crippen LogP contribution >= 0.6 is 0 Å². The van der Waals surface area contributed by atoms with Gasteiger partial charge in [0.2, 0.25) is 0 Å². The number of esters is 1. The fourth-order valence-electron chi connectivity index (χ4n) is 4.00. The summed E-state index contributed by atoms with van der Waals surface area (Å²) in [5.41, 5.74) is 2.12. The summed E-state index contributed by atoms with van der Waals surface area (Å²) >= 11 is 0. The molecule has 112 valence electrons. The minimum absolute atomic E-state index is 0.00510. The molecule has 1 aromatic rings. The Balaban J connectivity index is 1.77. The second-order valence-electron chi connectivity index (χ2n) is 6.34. The van der Waals surface area contributed by atoms with Crippen LogP contribution in [0.15, 0.2) is 24.3 Å². The van der Waals surface area contributed by atoms with Gasteiger partial charge in [0.25, 0.3) is 0 Å². The van der Waals surface area contributed by atoms with Crippen molar-refractivity contribution in [1.82, 2.24) is 0 Å². The van der Waals surface area contributed by atoms with Crippen LogP contribution in [0, 0.1) is 0 Å². The number of benzene rings is 1. The molecule has 0 amide bonds. The Morgan fingerprint density at radius 1 is 1.33 bits per heavy atom. The number of ether oxygens (including phenoxy) is 3. The Morgan fingerprint density at radius 2 is 2.10 bits per heavy atom. The monoisotopic (exact) mass is 289 g/mol. The Hall–Kier alpha value is -1.59. The van der Waals surface area contributed by atoms with Gasteiger partial charge in [-0.1, -0.05) is 18.2 Å². The lowest BCUT2D eigenvalue weighted by atomic mass is 9.91. The molecule has 5 nitrogen and oxygen atoms in total. The quantitative estimate of drug-likeness (QED) is 0.736. The second kappa shape index (κ2) is 4.21. The number of carbonyl (C=O) groups excluding carboxylic acids is 1. The summed E-state index contributed by atoms with van der Waals surface area (Å²) in [5, 5.41) is 0. The van der Waals surface area contributed by atoms with E-state index in [9.17, 15) is 4.79 Å². The number of methoxy groups -OCH3 is 1. The molecule has 0 bridgehead atoms. The molecule has 21 heavy (non-hydrogen) atoms. The van der Waals surface area contributed by atoms with Crippen LogP contribution in [0.3, 0.4) is 0 Å². The number of hydrogen-bond donors (Lipinski definition) is 0. The first-order valence-electron chi connectivity index (χ1n) is 7.31. The Labute approximate surface area is 123 Å². The minimum atomic E-state index is -0.586. The molecule has 0 unspecified atom stereocenters. The molecule has 4 rings (SSSR count). The topological polar surface area (TPSA) is 48.0 Å². The third-order valence-corrected chi connectivity index (χ3v) is 4.67. The van der Waals surface area contributed by atoms with E-state index in [1.165, 1.54) is 7.11 Å². The van der Waals surface area contributed by atoms with Gasteiger partial charge in [0.1, 0.15) is 18.1 Å². The van der Waals surface area contributed by atoms with Crippen LogP contribution in [-0.4, -0.2) is 43.7 Å². The first-order chi connectivity index (χ1) is 10.0. The molecule has 0 saturated carbocycles. The van der Waals surface area contributed by atoms with Crippen LogP contribution in [0.5, 0.6) is 0 Å². The van der Waals surface area contributed by atoms with E-state index in [4.69, 9.17) is 14.2 Å². The summed E-state index contributed by atoms with van der Waals surface area (Å²) in [6.07, 6.45) is -0.0954. The first kappa shape index (κ1) is 13.1. The molecule has 3 aliphatic rings. The molecule has 0 radical (unpaired) electrons. The van der Waals surface area contributed by atoms with Crippen molar-refractivity contribution < 1.29 is 19.0 Å². The molecule has 1 aromatic carbocycles. The van der Waals surface area contributed by atoms with Gasteiger partial charge in [-0.25, -0.2) is 0 Å². The summed E-state index contributed by atoms with van der Waals surface area (Å²) in [4.78, 5) is 14.6. The van der Waals surface area contributed by atoms with Gasteiger partial charge in [-0.3, -0.25) is 4.79 Å². The summed E-state index contributed by atoms with van der Waals surface area (Å²) in [6.45, 7) is 4.60. The lowest BCUT2D eigenvalue weighted by Crippen LogP contribution is -2.41. The molecule has 2 fully saturated rings. The van der Waals surface area contributed by atoms with Gasteiger partial charge in [-0.15, -0.1) is 0 Å². The van der Waals surface area contributed by atoms with Crippen molar-refractivity contribution in [3.63, 3.8) is 0 Å². The van der Waals surface area contributed by atoms with Crippen LogP contribution in [-0.2, 0) is 19.0 Å². The van der Waals surface area contributed by atoms with Crippen LogP contribution in [0.2, 0.25) is 0 Å². The van der Waals surface area contributed by atoms with Crippen LogP contribution < -0.4 is 4.90 Å². The van der Waals surface area contributed by atoms with Crippen molar-refractivity contribution in [1.29, 1.82) is 0 Å². The average molecular weight is 289 g/mol. The number of rotatable bonds is 1. The highest BCUT2D eigenvalue weighted by Crippen LogP contribution is 2.50. The van der Waals surface area contributed by atoms with Crippen molar-refractivity contribution in [2.75, 3.05) is 18.6 Å². The summed E-state index contributed by atoms with van der Waals surface area (Å²) < 4.78 is 17.1. The van der Waals surface area contributed by atoms with E-state index in [2.05, 4.69) is 11.0 Å². The van der Waals surface area contributed by atoms with Crippen LogP contribution in [0.1, 0.15) is 25.3 Å². The Kier molecular flexibility index (Phi) is 2.63. The van der Waals surface area contributed by atoms with Gasteiger partial charge in [-0.05, 0) is 25.5 Å². The normalized spacial score (nSPS) is 35.3. The zero-order chi connectivity index (χ0) is 14.8. The van der Waals surface area contributed by atoms with E-state index in [0.717, 1.165) is 17.8 Å². The molecular formula is C16H19NO4. The SMILES string of the molecule is COC(=O)[C@@H]1c2ccccc2N2C[C@H]3OC(C)(C)O[C@H]3[C@@H]12.